The molecule has 6 nitrogen and oxygen atoms in total. The molecule has 0 spiro atoms. The second-order valence-corrected chi connectivity index (χ2v) is 7.00. The van der Waals surface area contributed by atoms with Crippen molar-refractivity contribution in [1.82, 2.24) is 20.2 Å². The molecule has 7 heteroatoms. The highest BCUT2D eigenvalue weighted by molar-refractivity contribution is 5.87. The van der Waals surface area contributed by atoms with Crippen molar-refractivity contribution in [1.29, 1.82) is 0 Å². The number of hydrogen-bond donors (Lipinski definition) is 1. The summed E-state index contributed by atoms with van der Waals surface area (Å²) < 4.78 is 12.9. The van der Waals surface area contributed by atoms with Crippen molar-refractivity contribution in [2.45, 2.75) is 19.3 Å². The van der Waals surface area contributed by atoms with Gasteiger partial charge in [-0.3, -0.25) is 4.90 Å². The van der Waals surface area contributed by atoms with E-state index >= 15 is 0 Å². The molecule has 2 aromatic rings. The van der Waals surface area contributed by atoms with Crippen LogP contribution < -0.4 is 10.2 Å². The van der Waals surface area contributed by atoms with E-state index in [1.165, 1.54) is 18.0 Å². The van der Waals surface area contributed by atoms with Crippen molar-refractivity contribution < 1.29 is 4.39 Å². The maximum absolute atomic E-state index is 12.9. The highest BCUT2D eigenvalue weighted by atomic mass is 19.1. The first-order chi connectivity index (χ1) is 13.3. The number of para-hydroxylation sites is 1. The lowest BCUT2D eigenvalue weighted by atomic mass is 10.0. The molecule has 4 rings (SSSR count). The number of nitrogens with one attached hydrogen (secondary N) is 1. The van der Waals surface area contributed by atoms with Crippen LogP contribution in [0.1, 0.15) is 18.4 Å². The molecular weight excluding hydrogens is 343 g/mol. The van der Waals surface area contributed by atoms with Crippen molar-refractivity contribution in [3.8, 4) is 0 Å². The number of anilines is 1. The SMILES string of the molecule is Fc1cnc(N2CCN(CCCNC3=Nc4ccccc4CC3)CC2)nc1. The quantitative estimate of drug-likeness (QED) is 0.822. The van der Waals surface area contributed by atoms with Gasteiger partial charge in [-0.05, 0) is 31.0 Å². The average molecular weight is 368 g/mol. The first-order valence-corrected chi connectivity index (χ1v) is 9.62. The van der Waals surface area contributed by atoms with Crippen LogP contribution in [0.3, 0.4) is 0 Å². The molecule has 0 aliphatic carbocycles. The van der Waals surface area contributed by atoms with Gasteiger partial charge in [0.1, 0.15) is 5.84 Å². The number of nitrogens with zero attached hydrogens (tertiary/aromatic N) is 5. The Balaban J connectivity index is 1.17. The van der Waals surface area contributed by atoms with Gasteiger partial charge < -0.3 is 10.2 Å². The molecule has 1 aromatic carbocycles. The maximum atomic E-state index is 12.9. The van der Waals surface area contributed by atoms with E-state index in [1.807, 2.05) is 6.07 Å². The molecule has 1 aromatic heterocycles. The molecule has 0 bridgehead atoms. The number of hydrogen-bond acceptors (Lipinski definition) is 6. The van der Waals surface area contributed by atoms with Crippen LogP contribution in [-0.2, 0) is 6.42 Å². The molecule has 2 aliphatic heterocycles. The summed E-state index contributed by atoms with van der Waals surface area (Å²) in [5.41, 5.74) is 2.44. The summed E-state index contributed by atoms with van der Waals surface area (Å²) >= 11 is 0. The minimum Gasteiger partial charge on any atom is -0.373 e. The number of benzene rings is 1. The summed E-state index contributed by atoms with van der Waals surface area (Å²) in [6.45, 7) is 5.73. The summed E-state index contributed by atoms with van der Waals surface area (Å²) in [5, 5.41) is 3.50. The van der Waals surface area contributed by atoms with E-state index in [1.54, 1.807) is 0 Å². The predicted octanol–water partition coefficient (Wildman–Crippen LogP) is 2.39. The van der Waals surface area contributed by atoms with Crippen LogP contribution in [0.4, 0.5) is 16.0 Å². The largest absolute Gasteiger partial charge is 0.373 e. The zero-order chi connectivity index (χ0) is 18.5. The molecule has 142 valence electrons. The zero-order valence-corrected chi connectivity index (χ0v) is 15.4. The standard InChI is InChI=1S/C20H25FN6/c21-17-14-23-20(24-15-17)27-12-10-26(11-13-27)9-3-8-22-19-7-6-16-4-1-2-5-18(16)25-19/h1-2,4-5,14-15H,3,6-13H2,(H,22,25). The third kappa shape index (κ3) is 4.60. The number of aromatic nitrogens is 2. The molecule has 1 fully saturated rings. The molecule has 1 saturated heterocycles. The molecule has 0 unspecified atom stereocenters. The Morgan fingerprint density at radius 1 is 1.00 bits per heavy atom. The Morgan fingerprint density at radius 2 is 1.78 bits per heavy atom. The minimum atomic E-state index is -0.393. The van der Waals surface area contributed by atoms with Gasteiger partial charge in [-0.15, -0.1) is 0 Å². The van der Waals surface area contributed by atoms with Crippen molar-refractivity contribution in [3.05, 3.63) is 48.0 Å². The molecule has 3 heterocycles. The average Bonchev–Trinajstić information content (AvgIpc) is 2.72. The summed E-state index contributed by atoms with van der Waals surface area (Å²) in [7, 11) is 0. The smallest absolute Gasteiger partial charge is 0.225 e. The number of aliphatic imine (C=N–C) groups is 1. The first-order valence-electron chi connectivity index (χ1n) is 9.62. The minimum absolute atomic E-state index is 0.393. The molecule has 0 amide bonds. The van der Waals surface area contributed by atoms with Gasteiger partial charge >= 0.3 is 0 Å². The van der Waals surface area contributed by atoms with Gasteiger partial charge in [-0.2, -0.15) is 0 Å². The third-order valence-corrected chi connectivity index (χ3v) is 5.12. The molecule has 0 radical (unpaired) electrons. The van der Waals surface area contributed by atoms with Gasteiger partial charge in [0.15, 0.2) is 5.82 Å². The van der Waals surface area contributed by atoms with Gasteiger partial charge in [0.2, 0.25) is 5.95 Å². The number of halogens is 1. The lowest BCUT2D eigenvalue weighted by Crippen LogP contribution is -2.47. The Hall–Kier alpha value is -2.54. The van der Waals surface area contributed by atoms with Gasteiger partial charge in [0.05, 0.1) is 18.1 Å². The molecule has 0 atom stereocenters. The Morgan fingerprint density at radius 3 is 2.59 bits per heavy atom. The molecule has 2 aliphatic rings. The zero-order valence-electron chi connectivity index (χ0n) is 15.4. The van der Waals surface area contributed by atoms with Crippen molar-refractivity contribution >= 4 is 17.5 Å². The van der Waals surface area contributed by atoms with Gasteiger partial charge in [-0.25, -0.2) is 19.4 Å². The van der Waals surface area contributed by atoms with E-state index in [-0.39, 0.29) is 0 Å². The third-order valence-electron chi connectivity index (χ3n) is 5.12. The van der Waals surface area contributed by atoms with Gasteiger partial charge in [0.25, 0.3) is 0 Å². The highest BCUT2D eigenvalue weighted by Gasteiger charge is 2.18. The van der Waals surface area contributed by atoms with E-state index in [0.717, 1.165) is 70.1 Å². The maximum Gasteiger partial charge on any atom is 0.225 e. The second-order valence-electron chi connectivity index (χ2n) is 7.00. The summed E-state index contributed by atoms with van der Waals surface area (Å²) in [6, 6.07) is 8.36. The topological polar surface area (TPSA) is 56.7 Å². The van der Waals surface area contributed by atoms with Crippen LogP contribution in [0.25, 0.3) is 0 Å². The predicted molar refractivity (Wildman–Crippen MR) is 105 cm³/mol. The van der Waals surface area contributed by atoms with Crippen molar-refractivity contribution in [3.63, 3.8) is 0 Å². The van der Waals surface area contributed by atoms with E-state index in [9.17, 15) is 4.39 Å². The van der Waals surface area contributed by atoms with Crippen LogP contribution in [0.5, 0.6) is 0 Å². The molecular formula is C20H25FN6. The fourth-order valence-corrected chi connectivity index (χ4v) is 3.59. The van der Waals surface area contributed by atoms with E-state index < -0.39 is 5.82 Å². The summed E-state index contributed by atoms with van der Waals surface area (Å²) in [6.07, 6.45) is 5.61. The molecule has 27 heavy (non-hydrogen) atoms. The van der Waals surface area contributed by atoms with Crippen molar-refractivity contribution in [2.75, 3.05) is 44.2 Å². The number of piperazine rings is 1. The Kier molecular flexibility index (Phi) is 5.58. The van der Waals surface area contributed by atoms with E-state index in [0.29, 0.717) is 5.95 Å². The normalized spacial score (nSPS) is 17.4. The van der Waals surface area contributed by atoms with Gasteiger partial charge in [0, 0.05) is 39.1 Å². The van der Waals surface area contributed by atoms with E-state index in [2.05, 4.69) is 43.3 Å². The van der Waals surface area contributed by atoms with Crippen LogP contribution in [-0.4, -0.2) is 60.0 Å². The molecule has 0 saturated carbocycles. The Bertz CT molecular complexity index is 783. The number of amidine groups is 1. The first kappa shape index (κ1) is 17.9. The van der Waals surface area contributed by atoms with E-state index in [4.69, 9.17) is 4.99 Å². The van der Waals surface area contributed by atoms with Crippen LogP contribution in [0.15, 0.2) is 41.7 Å². The number of rotatable bonds is 5. The van der Waals surface area contributed by atoms with Crippen LogP contribution in [0, 0.1) is 5.82 Å². The van der Waals surface area contributed by atoms with Crippen LogP contribution in [0.2, 0.25) is 0 Å². The monoisotopic (exact) mass is 368 g/mol. The fraction of sp³-hybridized carbons (Fsp3) is 0.450. The van der Waals surface area contributed by atoms with Crippen LogP contribution >= 0.6 is 0 Å². The Labute approximate surface area is 159 Å². The number of aryl methyl sites for hydroxylation is 1. The van der Waals surface area contributed by atoms with Crippen molar-refractivity contribution in [2.24, 2.45) is 4.99 Å². The number of fused-ring (bicyclic) bond motifs is 1. The lowest BCUT2D eigenvalue weighted by Gasteiger charge is -2.34. The van der Waals surface area contributed by atoms with Gasteiger partial charge in [-0.1, -0.05) is 18.2 Å². The summed E-state index contributed by atoms with van der Waals surface area (Å²) in [5.74, 6) is 1.33. The highest BCUT2D eigenvalue weighted by Crippen LogP contribution is 2.24. The lowest BCUT2D eigenvalue weighted by molar-refractivity contribution is 0.254. The second kappa shape index (κ2) is 8.43. The molecule has 1 N–H and O–H groups in total. The summed E-state index contributed by atoms with van der Waals surface area (Å²) in [4.78, 5) is 17.4. The fourth-order valence-electron chi connectivity index (χ4n) is 3.59.